The van der Waals surface area contributed by atoms with Gasteiger partial charge >= 0.3 is 0 Å². The van der Waals surface area contributed by atoms with Gasteiger partial charge in [-0.15, -0.1) is 0 Å². The molecule has 0 atom stereocenters. The van der Waals surface area contributed by atoms with E-state index < -0.39 is 0 Å². The third kappa shape index (κ3) is 4.04. The molecule has 5 nitrogen and oxygen atoms in total. The number of pyridine rings is 1. The summed E-state index contributed by atoms with van der Waals surface area (Å²) in [5.41, 5.74) is 1.86. The molecule has 2 aromatic heterocycles. The van der Waals surface area contributed by atoms with E-state index in [0.717, 1.165) is 11.4 Å². The maximum absolute atomic E-state index is 12.2. The van der Waals surface area contributed by atoms with E-state index in [0.29, 0.717) is 16.5 Å². The molecule has 112 valence electrons. The van der Waals surface area contributed by atoms with Crippen molar-refractivity contribution in [1.29, 1.82) is 0 Å². The summed E-state index contributed by atoms with van der Waals surface area (Å²) in [7, 11) is 0. The third-order valence-corrected chi connectivity index (χ3v) is 3.12. The molecule has 2 heterocycles. The summed E-state index contributed by atoms with van der Waals surface area (Å²) in [6.07, 6.45) is 0. The Kier molecular flexibility index (Phi) is 4.32. The van der Waals surface area contributed by atoms with Crippen molar-refractivity contribution in [2.45, 2.75) is 39.7 Å². The number of carbonyl (C=O) groups excluding carboxylic acids is 1. The maximum atomic E-state index is 12.2. The minimum Gasteiger partial charge on any atom is -0.359 e. The number of carbonyl (C=O) groups is 1. The first-order valence-corrected chi connectivity index (χ1v) is 7.02. The fraction of sp³-hybridized carbons (Fsp3) is 0.400. The molecule has 0 radical (unpaired) electrons. The first-order valence-electron chi connectivity index (χ1n) is 6.64. The van der Waals surface area contributed by atoms with E-state index in [1.165, 1.54) is 0 Å². The second kappa shape index (κ2) is 5.85. The number of amides is 1. The van der Waals surface area contributed by atoms with Crippen molar-refractivity contribution in [2.24, 2.45) is 0 Å². The third-order valence-electron chi connectivity index (χ3n) is 2.92. The number of nitrogens with one attached hydrogen (secondary N) is 1. The van der Waals surface area contributed by atoms with Crippen LogP contribution in [0.1, 0.15) is 48.3 Å². The first-order chi connectivity index (χ1) is 9.75. The average molecular weight is 308 g/mol. The lowest BCUT2D eigenvalue weighted by Gasteiger charge is -2.18. The van der Waals surface area contributed by atoms with Crippen LogP contribution in [0.2, 0.25) is 5.15 Å². The number of halogens is 1. The van der Waals surface area contributed by atoms with E-state index in [9.17, 15) is 4.79 Å². The summed E-state index contributed by atoms with van der Waals surface area (Å²) in [5, 5.41) is 6.85. The molecule has 1 N–H and O–H groups in total. The van der Waals surface area contributed by atoms with Crippen LogP contribution >= 0.6 is 11.6 Å². The van der Waals surface area contributed by atoms with Gasteiger partial charge in [-0.25, -0.2) is 4.98 Å². The molecular weight excluding hydrogens is 290 g/mol. The van der Waals surface area contributed by atoms with Gasteiger partial charge in [0.1, 0.15) is 5.15 Å². The Labute approximate surface area is 128 Å². The largest absolute Gasteiger partial charge is 0.359 e. The monoisotopic (exact) mass is 307 g/mol. The van der Waals surface area contributed by atoms with Gasteiger partial charge in [0.05, 0.1) is 12.2 Å². The zero-order valence-corrected chi connectivity index (χ0v) is 13.3. The summed E-state index contributed by atoms with van der Waals surface area (Å²) in [6, 6.07) is 5.09. The Balaban J connectivity index is 2.13. The molecule has 0 aliphatic heterocycles. The zero-order valence-electron chi connectivity index (χ0n) is 12.5. The van der Waals surface area contributed by atoms with Crippen molar-refractivity contribution in [1.82, 2.24) is 15.5 Å². The van der Waals surface area contributed by atoms with Crippen molar-refractivity contribution >= 4 is 17.5 Å². The number of rotatable bonds is 3. The van der Waals surface area contributed by atoms with Crippen LogP contribution in [0.5, 0.6) is 0 Å². The fourth-order valence-corrected chi connectivity index (χ4v) is 1.99. The Morgan fingerprint density at radius 1 is 1.33 bits per heavy atom. The van der Waals surface area contributed by atoms with Crippen molar-refractivity contribution < 1.29 is 9.32 Å². The van der Waals surface area contributed by atoms with Crippen LogP contribution < -0.4 is 5.32 Å². The lowest BCUT2D eigenvalue weighted by Crippen LogP contribution is -2.24. The van der Waals surface area contributed by atoms with Gasteiger partial charge in [-0.05, 0) is 19.1 Å². The van der Waals surface area contributed by atoms with Crippen LogP contribution in [0.15, 0.2) is 22.7 Å². The average Bonchev–Trinajstić information content (AvgIpc) is 2.80. The van der Waals surface area contributed by atoms with E-state index in [-0.39, 0.29) is 17.9 Å². The van der Waals surface area contributed by atoms with E-state index in [1.54, 1.807) is 18.2 Å². The highest BCUT2D eigenvalue weighted by molar-refractivity contribution is 6.29. The SMILES string of the molecule is Cc1cc(CNC(=O)c2cc(Cl)nc(C(C)(C)C)c2)on1. The standard InChI is InChI=1S/C15H18ClN3O2/c1-9-5-11(21-19-9)8-17-14(20)10-6-12(15(2,3)4)18-13(16)7-10/h5-7H,8H2,1-4H3,(H,17,20). The van der Waals surface area contributed by atoms with Crippen LogP contribution in [0.25, 0.3) is 0 Å². The summed E-state index contributed by atoms with van der Waals surface area (Å²) in [5.74, 6) is 0.385. The molecular formula is C15H18ClN3O2. The Morgan fingerprint density at radius 3 is 2.62 bits per heavy atom. The molecule has 1 amide bonds. The van der Waals surface area contributed by atoms with Crippen LogP contribution in [0, 0.1) is 6.92 Å². The molecule has 21 heavy (non-hydrogen) atoms. The number of aromatic nitrogens is 2. The normalized spacial score (nSPS) is 11.5. The molecule has 6 heteroatoms. The minimum absolute atomic E-state index is 0.179. The zero-order chi connectivity index (χ0) is 15.6. The van der Waals surface area contributed by atoms with Gasteiger partial charge in [-0.2, -0.15) is 0 Å². The predicted octanol–water partition coefficient (Wildman–Crippen LogP) is 3.26. The highest BCUT2D eigenvalue weighted by Crippen LogP contribution is 2.23. The Bertz CT molecular complexity index is 659. The van der Waals surface area contributed by atoms with Gasteiger partial charge < -0.3 is 9.84 Å². The molecule has 0 spiro atoms. The van der Waals surface area contributed by atoms with Crippen molar-refractivity contribution in [3.05, 3.63) is 46.1 Å². The van der Waals surface area contributed by atoms with Crippen molar-refractivity contribution in [3.63, 3.8) is 0 Å². The quantitative estimate of drug-likeness (QED) is 0.884. The summed E-state index contributed by atoms with van der Waals surface area (Å²) in [4.78, 5) is 16.5. The predicted molar refractivity (Wildman–Crippen MR) is 80.4 cm³/mol. The molecule has 0 fully saturated rings. The van der Waals surface area contributed by atoms with Crippen LogP contribution in [-0.4, -0.2) is 16.0 Å². The molecule has 0 saturated heterocycles. The second-order valence-corrected chi connectivity index (χ2v) is 6.32. The molecule has 0 aliphatic rings. The summed E-state index contributed by atoms with van der Waals surface area (Å²) < 4.78 is 5.05. The number of nitrogens with zero attached hydrogens (tertiary/aromatic N) is 2. The fourth-order valence-electron chi connectivity index (χ4n) is 1.78. The van der Waals surface area contributed by atoms with Crippen molar-refractivity contribution in [3.8, 4) is 0 Å². The highest BCUT2D eigenvalue weighted by atomic mass is 35.5. The van der Waals surface area contributed by atoms with E-state index in [2.05, 4.69) is 15.5 Å². The number of hydrogen-bond acceptors (Lipinski definition) is 4. The molecule has 0 unspecified atom stereocenters. The Hall–Kier alpha value is -1.88. The van der Waals surface area contributed by atoms with Crippen LogP contribution in [0.4, 0.5) is 0 Å². The van der Waals surface area contributed by atoms with Gasteiger partial charge in [-0.3, -0.25) is 4.79 Å². The van der Waals surface area contributed by atoms with E-state index >= 15 is 0 Å². The van der Waals surface area contributed by atoms with Crippen LogP contribution in [0.3, 0.4) is 0 Å². The second-order valence-electron chi connectivity index (χ2n) is 5.93. The van der Waals surface area contributed by atoms with Crippen LogP contribution in [-0.2, 0) is 12.0 Å². The molecule has 0 saturated carbocycles. The Morgan fingerprint density at radius 2 is 2.05 bits per heavy atom. The molecule has 0 bridgehead atoms. The lowest BCUT2D eigenvalue weighted by atomic mass is 9.91. The smallest absolute Gasteiger partial charge is 0.251 e. The summed E-state index contributed by atoms with van der Waals surface area (Å²) >= 11 is 6.00. The topological polar surface area (TPSA) is 68.0 Å². The molecule has 0 aromatic carbocycles. The number of aryl methyl sites for hydroxylation is 1. The van der Waals surface area contributed by atoms with Gasteiger partial charge in [-0.1, -0.05) is 37.5 Å². The summed E-state index contributed by atoms with van der Waals surface area (Å²) in [6.45, 7) is 8.16. The van der Waals surface area contributed by atoms with E-state index in [4.69, 9.17) is 16.1 Å². The lowest BCUT2D eigenvalue weighted by molar-refractivity contribution is 0.0947. The van der Waals surface area contributed by atoms with Gasteiger partial charge in [0.25, 0.3) is 5.91 Å². The molecule has 2 aromatic rings. The van der Waals surface area contributed by atoms with E-state index in [1.807, 2.05) is 27.7 Å². The molecule has 0 aliphatic carbocycles. The molecule has 2 rings (SSSR count). The maximum Gasteiger partial charge on any atom is 0.251 e. The van der Waals surface area contributed by atoms with Gasteiger partial charge in [0.2, 0.25) is 0 Å². The number of hydrogen-bond donors (Lipinski definition) is 1. The van der Waals surface area contributed by atoms with Gasteiger partial charge in [0.15, 0.2) is 5.76 Å². The van der Waals surface area contributed by atoms with Gasteiger partial charge in [0, 0.05) is 22.7 Å². The highest BCUT2D eigenvalue weighted by Gasteiger charge is 2.19. The first kappa shape index (κ1) is 15.5. The minimum atomic E-state index is -0.223. The van der Waals surface area contributed by atoms with Crippen molar-refractivity contribution in [2.75, 3.05) is 0 Å².